The van der Waals surface area contributed by atoms with E-state index in [0.29, 0.717) is 0 Å². The zero-order valence-electron chi connectivity index (χ0n) is 14.3. The van der Waals surface area contributed by atoms with Crippen molar-refractivity contribution in [3.63, 3.8) is 0 Å². The minimum absolute atomic E-state index is 0.0443. The van der Waals surface area contributed by atoms with E-state index in [0.717, 1.165) is 12.8 Å². The summed E-state index contributed by atoms with van der Waals surface area (Å²) in [4.78, 5) is 14.0. The molecule has 0 saturated carbocycles. The van der Waals surface area contributed by atoms with Crippen LogP contribution in [-0.2, 0) is 16.3 Å². The van der Waals surface area contributed by atoms with E-state index < -0.39 is 14.6 Å². The van der Waals surface area contributed by atoms with Gasteiger partial charge in [0.05, 0.1) is 16.5 Å². The second kappa shape index (κ2) is 6.51. The van der Waals surface area contributed by atoms with Crippen molar-refractivity contribution in [2.24, 2.45) is 0 Å². The van der Waals surface area contributed by atoms with Crippen molar-refractivity contribution < 1.29 is 13.2 Å². The summed E-state index contributed by atoms with van der Waals surface area (Å²) in [5.74, 6) is -0.0443. The van der Waals surface area contributed by atoms with Crippen LogP contribution in [-0.4, -0.2) is 43.4 Å². The second-order valence-corrected chi connectivity index (χ2v) is 9.89. The highest BCUT2D eigenvalue weighted by atomic mass is 32.2. The molecule has 0 spiro atoms. The summed E-state index contributed by atoms with van der Waals surface area (Å²) in [6.45, 7) is 5.15. The highest BCUT2D eigenvalue weighted by Gasteiger charge is 2.30. The van der Waals surface area contributed by atoms with Crippen LogP contribution >= 0.6 is 0 Å². The Morgan fingerprint density at radius 3 is 2.61 bits per heavy atom. The Hall–Kier alpha value is -1.56. The number of nitrogens with zero attached hydrogens (tertiary/aromatic N) is 1. The Balaban J connectivity index is 1.92. The van der Waals surface area contributed by atoms with E-state index in [1.807, 2.05) is 12.1 Å². The molecule has 1 aromatic carbocycles. The zero-order valence-corrected chi connectivity index (χ0v) is 15.1. The summed E-state index contributed by atoms with van der Waals surface area (Å²) in [6, 6.07) is 7.98. The van der Waals surface area contributed by atoms with Crippen LogP contribution in [0.5, 0.6) is 0 Å². The summed E-state index contributed by atoms with van der Waals surface area (Å²) in [5.41, 5.74) is 2.47. The molecule has 0 fully saturated rings. The largest absolute Gasteiger partial charge is 0.337 e. The lowest BCUT2D eigenvalue weighted by Gasteiger charge is -2.26. The first-order valence-electron chi connectivity index (χ1n) is 7.94. The maximum absolute atomic E-state index is 12.3. The van der Waals surface area contributed by atoms with Crippen molar-refractivity contribution >= 4 is 15.9 Å². The van der Waals surface area contributed by atoms with E-state index in [1.165, 1.54) is 11.1 Å². The van der Waals surface area contributed by atoms with Crippen molar-refractivity contribution in [2.45, 2.75) is 44.4 Å². The van der Waals surface area contributed by atoms with Gasteiger partial charge in [-0.05, 0) is 44.7 Å². The number of aryl methyl sites for hydroxylation is 1. The third kappa shape index (κ3) is 3.86. The molecule has 2 rings (SSSR count). The fourth-order valence-corrected chi connectivity index (χ4v) is 3.78. The van der Waals surface area contributed by atoms with Crippen LogP contribution in [0.3, 0.4) is 0 Å². The number of nitrogens with one attached hydrogen (secondary N) is 1. The second-order valence-electron chi connectivity index (χ2n) is 7.03. The van der Waals surface area contributed by atoms with Gasteiger partial charge in [0.1, 0.15) is 0 Å². The number of sulfone groups is 1. The molecule has 1 aromatic rings. The average Bonchev–Trinajstić information content (AvgIpc) is 2.88. The third-order valence-electron chi connectivity index (χ3n) is 4.47. The van der Waals surface area contributed by atoms with Crippen LogP contribution in [0.15, 0.2) is 24.3 Å². The van der Waals surface area contributed by atoms with Crippen molar-refractivity contribution in [2.75, 3.05) is 19.3 Å². The van der Waals surface area contributed by atoms with Crippen molar-refractivity contribution in [3.8, 4) is 0 Å². The summed E-state index contributed by atoms with van der Waals surface area (Å²) in [5, 5.41) is 2.73. The first-order chi connectivity index (χ1) is 10.6. The molecule has 1 atom stereocenters. The molecule has 0 aliphatic heterocycles. The lowest BCUT2D eigenvalue weighted by molar-refractivity contribution is 0.191. The van der Waals surface area contributed by atoms with Gasteiger partial charge in [-0.15, -0.1) is 0 Å². The summed E-state index contributed by atoms with van der Waals surface area (Å²) < 4.78 is 23.3. The lowest BCUT2D eigenvalue weighted by atomic mass is 10.1. The number of hydrogen-bond donors (Lipinski definition) is 1. The number of carbonyl (C=O) groups is 1. The number of amides is 2. The summed E-state index contributed by atoms with van der Waals surface area (Å²) in [7, 11) is -1.46. The fraction of sp³-hybridized carbons (Fsp3) is 0.588. The predicted octanol–water partition coefficient (Wildman–Crippen LogP) is 2.53. The number of urea groups is 1. The van der Waals surface area contributed by atoms with E-state index in [2.05, 4.69) is 17.4 Å². The maximum atomic E-state index is 12.3. The van der Waals surface area contributed by atoms with Crippen LogP contribution in [0.1, 0.15) is 44.4 Å². The topological polar surface area (TPSA) is 66.5 Å². The number of hydrogen-bond acceptors (Lipinski definition) is 3. The van der Waals surface area contributed by atoms with E-state index in [4.69, 9.17) is 0 Å². The molecular formula is C17H26N2O3S. The summed E-state index contributed by atoms with van der Waals surface area (Å²) >= 11 is 0. The molecule has 23 heavy (non-hydrogen) atoms. The van der Waals surface area contributed by atoms with E-state index in [1.54, 1.807) is 32.7 Å². The molecule has 1 aliphatic carbocycles. The van der Waals surface area contributed by atoms with Gasteiger partial charge in [0.2, 0.25) is 0 Å². The van der Waals surface area contributed by atoms with Crippen LogP contribution in [0, 0.1) is 0 Å². The maximum Gasteiger partial charge on any atom is 0.317 e. The van der Waals surface area contributed by atoms with Gasteiger partial charge in [-0.2, -0.15) is 0 Å². The smallest absolute Gasteiger partial charge is 0.317 e. The van der Waals surface area contributed by atoms with Gasteiger partial charge in [0.25, 0.3) is 0 Å². The van der Waals surface area contributed by atoms with Gasteiger partial charge >= 0.3 is 6.03 Å². The molecule has 6 heteroatoms. The third-order valence-corrected chi connectivity index (χ3v) is 7.08. The lowest BCUT2D eigenvalue weighted by Crippen LogP contribution is -2.42. The standard InChI is InChI=1S/C17H26N2O3S/c1-17(2,3)23(21,22)12-11-18-16(20)19(4)15-10-9-13-7-5-6-8-14(13)15/h5-8,15H,9-12H2,1-4H3,(H,18,20). The van der Waals surface area contributed by atoms with Gasteiger partial charge in [-0.25, -0.2) is 13.2 Å². The van der Waals surface area contributed by atoms with E-state index in [-0.39, 0.29) is 24.4 Å². The Labute approximate surface area is 139 Å². The molecule has 1 unspecified atom stereocenters. The average molecular weight is 338 g/mol. The van der Waals surface area contributed by atoms with Gasteiger partial charge in [0.15, 0.2) is 9.84 Å². The van der Waals surface area contributed by atoms with Crippen LogP contribution in [0.25, 0.3) is 0 Å². The molecule has 5 nitrogen and oxygen atoms in total. The van der Waals surface area contributed by atoms with Crippen molar-refractivity contribution in [3.05, 3.63) is 35.4 Å². The Morgan fingerprint density at radius 2 is 1.96 bits per heavy atom. The van der Waals surface area contributed by atoms with Crippen LogP contribution in [0.4, 0.5) is 4.79 Å². The van der Waals surface area contributed by atoms with Gasteiger partial charge in [0, 0.05) is 13.6 Å². The molecule has 128 valence electrons. The Kier molecular flexibility index (Phi) is 5.04. The quantitative estimate of drug-likeness (QED) is 0.917. The highest BCUT2D eigenvalue weighted by molar-refractivity contribution is 7.92. The molecule has 0 heterocycles. The Bertz CT molecular complexity index is 677. The van der Waals surface area contributed by atoms with Gasteiger partial charge < -0.3 is 10.2 Å². The van der Waals surface area contributed by atoms with Crippen molar-refractivity contribution in [1.82, 2.24) is 10.2 Å². The molecule has 0 saturated heterocycles. The highest BCUT2D eigenvalue weighted by Crippen LogP contribution is 2.34. The number of benzene rings is 1. The molecule has 0 radical (unpaired) electrons. The van der Waals surface area contributed by atoms with Crippen LogP contribution < -0.4 is 5.32 Å². The number of fused-ring (bicyclic) bond motifs is 1. The number of rotatable bonds is 4. The molecular weight excluding hydrogens is 312 g/mol. The Morgan fingerprint density at radius 1 is 1.30 bits per heavy atom. The minimum Gasteiger partial charge on any atom is -0.337 e. The number of carbonyl (C=O) groups excluding carboxylic acids is 1. The normalized spacial score (nSPS) is 17.7. The molecule has 1 aliphatic rings. The first-order valence-corrected chi connectivity index (χ1v) is 9.59. The van der Waals surface area contributed by atoms with Gasteiger partial charge in [-0.1, -0.05) is 24.3 Å². The SMILES string of the molecule is CN(C(=O)NCCS(=O)(=O)C(C)(C)C)C1CCc2ccccc21. The van der Waals surface area contributed by atoms with Crippen molar-refractivity contribution in [1.29, 1.82) is 0 Å². The predicted molar refractivity (Wildman–Crippen MR) is 92.2 cm³/mol. The van der Waals surface area contributed by atoms with E-state index in [9.17, 15) is 13.2 Å². The molecule has 2 amide bonds. The monoisotopic (exact) mass is 338 g/mol. The van der Waals surface area contributed by atoms with Gasteiger partial charge in [-0.3, -0.25) is 0 Å². The molecule has 1 N–H and O–H groups in total. The van der Waals surface area contributed by atoms with E-state index >= 15 is 0 Å². The van der Waals surface area contributed by atoms with Crippen LogP contribution in [0.2, 0.25) is 0 Å². The summed E-state index contributed by atoms with van der Waals surface area (Å²) in [6.07, 6.45) is 1.88. The minimum atomic E-state index is -3.22. The zero-order chi connectivity index (χ0) is 17.3. The fourth-order valence-electron chi connectivity index (χ4n) is 2.80. The molecule has 0 bridgehead atoms. The first kappa shape index (κ1) is 17.8. The molecule has 0 aromatic heterocycles.